The summed E-state index contributed by atoms with van der Waals surface area (Å²) in [6.07, 6.45) is 0. The maximum atomic E-state index is 6.59. The van der Waals surface area contributed by atoms with E-state index in [-0.39, 0.29) is 0 Å². The number of fused-ring (bicyclic) bond motifs is 11. The predicted molar refractivity (Wildman–Crippen MR) is 183 cm³/mol. The Kier molecular flexibility index (Phi) is 4.93. The molecule has 0 saturated heterocycles. The van der Waals surface area contributed by atoms with Gasteiger partial charge in [0.05, 0.1) is 22.1 Å². The molecule has 4 aromatic heterocycles. The average Bonchev–Trinajstić information content (AvgIpc) is 3.80. The highest BCUT2D eigenvalue weighted by Gasteiger charge is 2.20. The second-order valence-corrected chi connectivity index (χ2v) is 11.5. The van der Waals surface area contributed by atoms with Crippen LogP contribution in [0.1, 0.15) is 0 Å². The van der Waals surface area contributed by atoms with Crippen molar-refractivity contribution in [2.24, 2.45) is 0 Å². The van der Waals surface area contributed by atoms with Gasteiger partial charge >= 0.3 is 0 Å². The number of imidazole rings is 2. The molecule has 4 heterocycles. The molecule has 5 nitrogen and oxygen atoms in total. The number of hydrogen-bond acceptors (Lipinski definition) is 3. The summed E-state index contributed by atoms with van der Waals surface area (Å²) in [6.45, 7) is 0. The molecule has 0 unspecified atom stereocenters. The van der Waals surface area contributed by atoms with Crippen LogP contribution in [0, 0.1) is 0 Å². The Balaban J connectivity index is 1.17. The fraction of sp³-hybridized carbons (Fsp3) is 0. The number of rotatable bonds is 3. The molecule has 45 heavy (non-hydrogen) atoms. The van der Waals surface area contributed by atoms with Gasteiger partial charge in [-0.25, -0.2) is 9.97 Å². The van der Waals surface area contributed by atoms with E-state index in [2.05, 4.69) is 136 Å². The molecule has 0 amide bonds. The minimum Gasteiger partial charge on any atom is -0.454 e. The van der Waals surface area contributed by atoms with E-state index < -0.39 is 0 Å². The first-order chi connectivity index (χ1) is 22.3. The van der Waals surface area contributed by atoms with Gasteiger partial charge in [0.15, 0.2) is 5.58 Å². The second kappa shape index (κ2) is 9.15. The van der Waals surface area contributed by atoms with E-state index in [1.165, 1.54) is 0 Å². The minimum absolute atomic E-state index is 0.859. The first kappa shape index (κ1) is 24.3. The summed E-state index contributed by atoms with van der Waals surface area (Å²) in [4.78, 5) is 10.1. The minimum atomic E-state index is 0.859. The van der Waals surface area contributed by atoms with Gasteiger partial charge in [-0.3, -0.25) is 8.97 Å². The van der Waals surface area contributed by atoms with Crippen molar-refractivity contribution in [2.75, 3.05) is 0 Å². The predicted octanol–water partition coefficient (Wildman–Crippen LogP) is 10.2. The summed E-state index contributed by atoms with van der Waals surface area (Å²) < 4.78 is 11.1. The zero-order valence-electron chi connectivity index (χ0n) is 24.1. The molecule has 0 aliphatic heterocycles. The number of furan rings is 1. The fourth-order valence-electron chi connectivity index (χ4n) is 6.85. The van der Waals surface area contributed by atoms with Crippen LogP contribution in [0.25, 0.3) is 88.8 Å². The molecular weight excluding hydrogens is 552 g/mol. The van der Waals surface area contributed by atoms with Crippen LogP contribution in [0.4, 0.5) is 0 Å². The molecule has 0 spiro atoms. The van der Waals surface area contributed by atoms with Crippen LogP contribution < -0.4 is 0 Å². The lowest BCUT2D eigenvalue weighted by Gasteiger charge is -2.11. The number of hydrogen-bond donors (Lipinski definition) is 0. The third-order valence-electron chi connectivity index (χ3n) is 8.91. The summed E-state index contributed by atoms with van der Waals surface area (Å²) in [6, 6.07) is 50.6. The van der Waals surface area contributed by atoms with Crippen LogP contribution in [0.15, 0.2) is 150 Å². The van der Waals surface area contributed by atoms with Gasteiger partial charge in [0.25, 0.3) is 0 Å². The standard InChI is InChI=1S/C40H24N4O/c1-2-10-26(11-3-1)39-41-32-14-6-8-16-34(32)43(39)28-21-18-25(19-22-28)27-20-23-36-31(24-27)37-38(45-36)29-12-4-5-13-30(29)40-42-33-15-7-9-17-35(33)44(37)40/h1-24H. The second-order valence-electron chi connectivity index (χ2n) is 11.5. The van der Waals surface area contributed by atoms with E-state index >= 15 is 0 Å². The van der Waals surface area contributed by atoms with Crippen molar-refractivity contribution < 1.29 is 4.42 Å². The van der Waals surface area contributed by atoms with Crippen LogP contribution in [-0.2, 0) is 0 Å². The van der Waals surface area contributed by atoms with Crippen LogP contribution in [0.2, 0.25) is 0 Å². The molecule has 10 rings (SSSR count). The summed E-state index contributed by atoms with van der Waals surface area (Å²) in [5.41, 5.74) is 12.2. The Bertz CT molecular complexity index is 2750. The molecule has 0 saturated carbocycles. The Morgan fingerprint density at radius 3 is 1.98 bits per heavy atom. The largest absolute Gasteiger partial charge is 0.454 e. The number of pyridine rings is 1. The highest BCUT2D eigenvalue weighted by molar-refractivity contribution is 6.19. The molecule has 0 aliphatic carbocycles. The molecule has 5 heteroatoms. The molecule has 0 radical (unpaired) electrons. The van der Waals surface area contributed by atoms with E-state index in [4.69, 9.17) is 14.4 Å². The molecule has 0 bridgehead atoms. The summed E-state index contributed by atoms with van der Waals surface area (Å²) in [5, 5.41) is 3.22. The molecule has 0 aliphatic rings. The van der Waals surface area contributed by atoms with Crippen molar-refractivity contribution in [2.45, 2.75) is 0 Å². The van der Waals surface area contributed by atoms with Crippen molar-refractivity contribution in [3.63, 3.8) is 0 Å². The van der Waals surface area contributed by atoms with Gasteiger partial charge in [-0.05, 0) is 59.7 Å². The van der Waals surface area contributed by atoms with Crippen LogP contribution in [0.5, 0.6) is 0 Å². The molecule has 0 fully saturated rings. The number of aromatic nitrogens is 4. The molecular formula is C40H24N4O. The SMILES string of the molecule is c1ccc(-c2nc3ccccc3n2-c2ccc(-c3ccc4oc5c6ccccc6c6nc7ccccc7n6c5c4c3)cc2)cc1. The topological polar surface area (TPSA) is 48.3 Å². The van der Waals surface area contributed by atoms with E-state index in [1.54, 1.807) is 0 Å². The third-order valence-corrected chi connectivity index (χ3v) is 8.91. The zero-order valence-corrected chi connectivity index (χ0v) is 24.1. The van der Waals surface area contributed by atoms with E-state index in [0.29, 0.717) is 0 Å². The van der Waals surface area contributed by atoms with Crippen molar-refractivity contribution in [3.8, 4) is 28.2 Å². The molecule has 10 aromatic rings. The Hall–Kier alpha value is -6.20. The normalized spacial score (nSPS) is 12.0. The fourth-order valence-corrected chi connectivity index (χ4v) is 6.85. The summed E-state index contributed by atoms with van der Waals surface area (Å²) in [7, 11) is 0. The van der Waals surface area contributed by atoms with Gasteiger partial charge in [0.2, 0.25) is 0 Å². The third kappa shape index (κ3) is 3.49. The Morgan fingerprint density at radius 1 is 0.489 bits per heavy atom. The lowest BCUT2D eigenvalue weighted by molar-refractivity contribution is 0.672. The molecule has 0 N–H and O–H groups in total. The lowest BCUT2D eigenvalue weighted by Crippen LogP contribution is -1.97. The highest BCUT2D eigenvalue weighted by Crippen LogP contribution is 2.39. The number of para-hydroxylation sites is 4. The van der Waals surface area contributed by atoms with Crippen LogP contribution in [-0.4, -0.2) is 18.9 Å². The summed E-state index contributed by atoms with van der Waals surface area (Å²) >= 11 is 0. The van der Waals surface area contributed by atoms with Gasteiger partial charge in [0, 0.05) is 27.4 Å². The smallest absolute Gasteiger partial charge is 0.160 e. The van der Waals surface area contributed by atoms with Gasteiger partial charge in [-0.1, -0.05) is 97.1 Å². The zero-order chi connectivity index (χ0) is 29.5. The quantitative estimate of drug-likeness (QED) is 0.210. The first-order valence-electron chi connectivity index (χ1n) is 15.1. The van der Waals surface area contributed by atoms with Gasteiger partial charge in [-0.2, -0.15) is 0 Å². The van der Waals surface area contributed by atoms with Gasteiger partial charge in [0.1, 0.15) is 22.6 Å². The number of benzene rings is 6. The highest BCUT2D eigenvalue weighted by atomic mass is 16.3. The molecule has 0 atom stereocenters. The first-order valence-corrected chi connectivity index (χ1v) is 15.1. The van der Waals surface area contributed by atoms with Crippen molar-refractivity contribution in [1.82, 2.24) is 18.9 Å². The molecule has 210 valence electrons. The Labute approximate surface area is 257 Å². The van der Waals surface area contributed by atoms with E-state index in [1.807, 2.05) is 18.2 Å². The average molecular weight is 577 g/mol. The number of nitrogens with zero attached hydrogens (tertiary/aromatic N) is 4. The monoisotopic (exact) mass is 576 g/mol. The van der Waals surface area contributed by atoms with Crippen molar-refractivity contribution in [1.29, 1.82) is 0 Å². The Morgan fingerprint density at radius 2 is 1.16 bits per heavy atom. The maximum Gasteiger partial charge on any atom is 0.160 e. The lowest BCUT2D eigenvalue weighted by atomic mass is 10.0. The van der Waals surface area contributed by atoms with Crippen molar-refractivity contribution >= 4 is 60.6 Å². The van der Waals surface area contributed by atoms with Crippen LogP contribution >= 0.6 is 0 Å². The molecule has 6 aromatic carbocycles. The van der Waals surface area contributed by atoms with E-state index in [0.717, 1.165) is 88.8 Å². The van der Waals surface area contributed by atoms with Crippen LogP contribution in [0.3, 0.4) is 0 Å². The summed E-state index contributed by atoms with van der Waals surface area (Å²) in [5.74, 6) is 0.930. The van der Waals surface area contributed by atoms with Gasteiger partial charge < -0.3 is 4.42 Å². The van der Waals surface area contributed by atoms with E-state index in [9.17, 15) is 0 Å². The maximum absolute atomic E-state index is 6.59. The van der Waals surface area contributed by atoms with Crippen molar-refractivity contribution in [3.05, 3.63) is 146 Å². The van der Waals surface area contributed by atoms with Gasteiger partial charge in [-0.15, -0.1) is 0 Å².